The van der Waals surface area contributed by atoms with Gasteiger partial charge in [0.2, 0.25) is 0 Å². The number of esters is 1. The SMILES string of the molecule is COC(=O)c1cn(C2CCN(Cc3cnc(C(C)(C)C)s3)C2)nn1. The number of hydrogen-bond donors (Lipinski definition) is 0. The van der Waals surface area contributed by atoms with Gasteiger partial charge in [0, 0.05) is 36.1 Å². The van der Waals surface area contributed by atoms with Gasteiger partial charge in [-0.25, -0.2) is 14.5 Å². The maximum atomic E-state index is 11.5. The molecule has 24 heavy (non-hydrogen) atoms. The molecule has 0 radical (unpaired) electrons. The number of methoxy groups -OCH3 is 1. The maximum Gasteiger partial charge on any atom is 0.360 e. The Morgan fingerprint density at radius 2 is 2.25 bits per heavy atom. The van der Waals surface area contributed by atoms with E-state index in [1.807, 2.05) is 6.20 Å². The molecule has 2 aromatic heterocycles. The van der Waals surface area contributed by atoms with Gasteiger partial charge < -0.3 is 4.74 Å². The molecule has 7 nitrogen and oxygen atoms in total. The van der Waals surface area contributed by atoms with Crippen LogP contribution in [0, 0.1) is 0 Å². The summed E-state index contributed by atoms with van der Waals surface area (Å²) >= 11 is 1.79. The van der Waals surface area contributed by atoms with Crippen molar-refractivity contribution in [1.29, 1.82) is 0 Å². The fraction of sp³-hybridized carbons (Fsp3) is 0.625. The van der Waals surface area contributed by atoms with Crippen LogP contribution in [0.25, 0.3) is 0 Å². The van der Waals surface area contributed by atoms with E-state index in [1.54, 1.807) is 22.2 Å². The van der Waals surface area contributed by atoms with Crippen molar-refractivity contribution in [3.63, 3.8) is 0 Å². The molecule has 0 N–H and O–H groups in total. The molecular weight excluding hydrogens is 326 g/mol. The minimum absolute atomic E-state index is 0.0987. The highest BCUT2D eigenvalue weighted by atomic mass is 32.1. The van der Waals surface area contributed by atoms with Crippen LogP contribution in [0.5, 0.6) is 0 Å². The van der Waals surface area contributed by atoms with Gasteiger partial charge in [0.1, 0.15) is 0 Å². The molecule has 1 fully saturated rings. The van der Waals surface area contributed by atoms with E-state index in [0.717, 1.165) is 26.1 Å². The number of rotatable bonds is 4. The second kappa shape index (κ2) is 6.60. The minimum Gasteiger partial charge on any atom is -0.464 e. The first kappa shape index (κ1) is 17.0. The van der Waals surface area contributed by atoms with Crippen LogP contribution in [0.1, 0.15) is 53.6 Å². The maximum absolute atomic E-state index is 11.5. The molecule has 8 heteroatoms. The van der Waals surface area contributed by atoms with Crippen LogP contribution < -0.4 is 0 Å². The quantitative estimate of drug-likeness (QED) is 0.789. The first-order valence-corrected chi connectivity index (χ1v) is 8.86. The lowest BCUT2D eigenvalue weighted by molar-refractivity contribution is 0.0594. The third kappa shape index (κ3) is 3.64. The fourth-order valence-electron chi connectivity index (χ4n) is 2.77. The van der Waals surface area contributed by atoms with Gasteiger partial charge in [0.25, 0.3) is 0 Å². The van der Waals surface area contributed by atoms with Crippen molar-refractivity contribution >= 4 is 17.3 Å². The van der Waals surface area contributed by atoms with Gasteiger partial charge in [-0.05, 0) is 6.42 Å². The topological polar surface area (TPSA) is 73.1 Å². The van der Waals surface area contributed by atoms with E-state index in [1.165, 1.54) is 17.0 Å². The third-order valence-corrected chi connectivity index (χ3v) is 5.51. The summed E-state index contributed by atoms with van der Waals surface area (Å²) < 4.78 is 6.45. The molecule has 3 heterocycles. The molecule has 1 aliphatic heterocycles. The van der Waals surface area contributed by atoms with Crippen LogP contribution in [0.15, 0.2) is 12.4 Å². The Kier molecular flexibility index (Phi) is 4.69. The normalized spacial score (nSPS) is 18.9. The van der Waals surface area contributed by atoms with Crippen molar-refractivity contribution in [2.75, 3.05) is 20.2 Å². The lowest BCUT2D eigenvalue weighted by Gasteiger charge is -2.15. The summed E-state index contributed by atoms with van der Waals surface area (Å²) in [6.07, 6.45) is 4.66. The Hall–Kier alpha value is -1.80. The molecule has 1 atom stereocenters. The minimum atomic E-state index is -0.449. The number of aromatic nitrogens is 4. The number of nitrogens with zero attached hydrogens (tertiary/aromatic N) is 5. The highest BCUT2D eigenvalue weighted by molar-refractivity contribution is 7.11. The highest BCUT2D eigenvalue weighted by Gasteiger charge is 2.27. The summed E-state index contributed by atoms with van der Waals surface area (Å²) in [6.45, 7) is 9.36. The van der Waals surface area contributed by atoms with Crippen molar-refractivity contribution < 1.29 is 9.53 Å². The van der Waals surface area contributed by atoms with Crippen LogP contribution >= 0.6 is 11.3 Å². The van der Waals surface area contributed by atoms with Crippen LogP contribution in [0.3, 0.4) is 0 Å². The number of carbonyl (C=O) groups is 1. The number of hydrogen-bond acceptors (Lipinski definition) is 7. The van der Waals surface area contributed by atoms with Crippen molar-refractivity contribution in [3.8, 4) is 0 Å². The van der Waals surface area contributed by atoms with Crippen molar-refractivity contribution in [2.24, 2.45) is 0 Å². The van der Waals surface area contributed by atoms with Gasteiger partial charge >= 0.3 is 5.97 Å². The molecule has 2 aromatic rings. The first-order chi connectivity index (χ1) is 11.4. The zero-order valence-corrected chi connectivity index (χ0v) is 15.3. The summed E-state index contributed by atoms with van der Waals surface area (Å²) in [5, 5.41) is 9.13. The molecular formula is C16H23N5O2S. The molecule has 1 unspecified atom stereocenters. The van der Waals surface area contributed by atoms with Gasteiger partial charge in [0.05, 0.1) is 24.4 Å². The zero-order chi connectivity index (χ0) is 17.3. The molecule has 130 valence electrons. The Bertz CT molecular complexity index is 718. The average Bonchev–Trinajstić information content (AvgIpc) is 3.25. The lowest BCUT2D eigenvalue weighted by Crippen LogP contribution is -2.21. The summed E-state index contributed by atoms with van der Waals surface area (Å²) in [6, 6.07) is 0.242. The van der Waals surface area contributed by atoms with Gasteiger partial charge in [-0.1, -0.05) is 26.0 Å². The highest BCUT2D eigenvalue weighted by Crippen LogP contribution is 2.29. The molecule has 0 amide bonds. The smallest absolute Gasteiger partial charge is 0.360 e. The second-order valence-corrected chi connectivity index (χ2v) is 8.25. The first-order valence-electron chi connectivity index (χ1n) is 8.04. The average molecular weight is 349 g/mol. The standard InChI is InChI=1S/C16H23N5O2S/c1-16(2,3)15-17-7-12(24-15)9-20-6-5-11(8-20)21-10-13(18-19-21)14(22)23-4/h7,10-11H,5-6,8-9H2,1-4H3. The summed E-state index contributed by atoms with van der Waals surface area (Å²) in [5.74, 6) is -0.449. The zero-order valence-electron chi connectivity index (χ0n) is 14.5. The Labute approximate surface area is 145 Å². The van der Waals surface area contributed by atoms with Gasteiger partial charge in [-0.2, -0.15) is 0 Å². The van der Waals surface area contributed by atoms with Crippen molar-refractivity contribution in [2.45, 2.75) is 45.2 Å². The van der Waals surface area contributed by atoms with Gasteiger partial charge in [-0.15, -0.1) is 16.4 Å². The van der Waals surface area contributed by atoms with E-state index in [4.69, 9.17) is 0 Å². The number of likely N-dealkylation sites (tertiary alicyclic amines) is 1. The molecule has 3 rings (SSSR count). The lowest BCUT2D eigenvalue weighted by atomic mass is 9.98. The van der Waals surface area contributed by atoms with E-state index < -0.39 is 5.97 Å². The fourth-order valence-corrected chi connectivity index (χ4v) is 3.79. The summed E-state index contributed by atoms with van der Waals surface area (Å²) in [4.78, 5) is 19.7. The van der Waals surface area contributed by atoms with Crippen LogP contribution in [-0.4, -0.2) is 51.0 Å². The molecule has 0 bridgehead atoms. The second-order valence-electron chi connectivity index (χ2n) is 7.13. The Balaban J connectivity index is 1.60. The molecule has 0 saturated carbocycles. The predicted octanol–water partition coefficient (Wildman–Crippen LogP) is 2.27. The molecule has 1 aliphatic rings. The van der Waals surface area contributed by atoms with Gasteiger partial charge in [0.15, 0.2) is 5.69 Å². The largest absolute Gasteiger partial charge is 0.464 e. The van der Waals surface area contributed by atoms with E-state index in [9.17, 15) is 4.79 Å². The van der Waals surface area contributed by atoms with E-state index in [2.05, 4.69) is 45.7 Å². The summed E-state index contributed by atoms with van der Waals surface area (Å²) in [5.41, 5.74) is 0.356. The monoisotopic (exact) mass is 349 g/mol. The predicted molar refractivity (Wildman–Crippen MR) is 91.1 cm³/mol. The van der Waals surface area contributed by atoms with E-state index in [-0.39, 0.29) is 17.2 Å². The third-order valence-electron chi connectivity index (χ3n) is 4.10. The molecule has 0 aliphatic carbocycles. The van der Waals surface area contributed by atoms with Crippen molar-refractivity contribution in [1.82, 2.24) is 24.9 Å². The van der Waals surface area contributed by atoms with E-state index in [0.29, 0.717) is 0 Å². The molecule has 0 spiro atoms. The number of thiazole rings is 1. The molecule has 0 aromatic carbocycles. The van der Waals surface area contributed by atoms with Crippen LogP contribution in [0.2, 0.25) is 0 Å². The van der Waals surface area contributed by atoms with Crippen LogP contribution in [0.4, 0.5) is 0 Å². The number of ether oxygens (including phenoxy) is 1. The Morgan fingerprint density at radius 1 is 1.46 bits per heavy atom. The van der Waals surface area contributed by atoms with Crippen LogP contribution in [-0.2, 0) is 16.7 Å². The molecule has 1 saturated heterocycles. The van der Waals surface area contributed by atoms with Gasteiger partial charge in [-0.3, -0.25) is 4.90 Å². The van der Waals surface area contributed by atoms with E-state index >= 15 is 0 Å². The Morgan fingerprint density at radius 3 is 2.92 bits per heavy atom. The summed E-state index contributed by atoms with van der Waals surface area (Å²) in [7, 11) is 1.35. The van der Waals surface area contributed by atoms with Crippen molar-refractivity contribution in [3.05, 3.63) is 28.0 Å². The number of carbonyl (C=O) groups excluding carboxylic acids is 1.